The number of thiophene rings is 1. The number of hydrogen-bond acceptors (Lipinski definition) is 6. The van der Waals surface area contributed by atoms with Crippen LogP contribution in [0.3, 0.4) is 0 Å². The summed E-state index contributed by atoms with van der Waals surface area (Å²) in [7, 11) is -4.88. The van der Waals surface area contributed by atoms with Crippen molar-refractivity contribution in [2.24, 2.45) is 0 Å². The number of rotatable bonds is 6. The lowest BCUT2D eigenvalue weighted by molar-refractivity contribution is -0.384. The zero-order chi connectivity index (χ0) is 17.2. The molecular weight excluding hydrogens is 418 g/mol. The van der Waals surface area contributed by atoms with Gasteiger partial charge in [-0.25, -0.2) is 8.42 Å². The Morgan fingerprint density at radius 2 is 2.04 bits per heavy atom. The van der Waals surface area contributed by atoms with E-state index in [9.17, 15) is 27.3 Å². The molecule has 11 heteroatoms. The monoisotopic (exact) mass is 426 g/mol. The van der Waals surface area contributed by atoms with Crippen LogP contribution in [0.25, 0.3) is 0 Å². The average molecular weight is 427 g/mol. The van der Waals surface area contributed by atoms with Gasteiger partial charge in [0.05, 0.1) is 9.82 Å². The minimum atomic E-state index is -4.88. The summed E-state index contributed by atoms with van der Waals surface area (Å²) in [5.41, 5.74) is -0.532. The van der Waals surface area contributed by atoms with E-state index in [2.05, 4.69) is 21.2 Å². The first-order valence-electron chi connectivity index (χ1n) is 5.99. The second-order valence-corrected chi connectivity index (χ2v) is 8.16. The summed E-state index contributed by atoms with van der Waals surface area (Å²) in [6, 6.07) is 4.48. The summed E-state index contributed by atoms with van der Waals surface area (Å²) in [6.45, 7) is 0.276. The van der Waals surface area contributed by atoms with Gasteiger partial charge >= 0.3 is 5.76 Å². The van der Waals surface area contributed by atoms with E-state index >= 15 is 0 Å². The van der Waals surface area contributed by atoms with Gasteiger partial charge in [0.1, 0.15) is 5.69 Å². The maximum Gasteiger partial charge on any atom is 0.341 e. The molecule has 0 radical (unpaired) electrons. The van der Waals surface area contributed by atoms with Crippen LogP contribution >= 0.6 is 27.3 Å². The number of anilines is 1. The first-order chi connectivity index (χ1) is 10.7. The Balaban J connectivity index is 2.32. The molecule has 0 saturated heterocycles. The molecule has 2 rings (SSSR count). The summed E-state index contributed by atoms with van der Waals surface area (Å²) in [5, 5.41) is 15.7. The largest absolute Gasteiger partial charge is 0.375 e. The molecule has 0 spiro atoms. The first-order valence-corrected chi connectivity index (χ1v) is 9.21. The van der Waals surface area contributed by atoms with Gasteiger partial charge < -0.3 is 5.32 Å². The topological polar surface area (TPSA) is 89.3 Å². The van der Waals surface area contributed by atoms with Crippen LogP contribution in [0.5, 0.6) is 0 Å². The van der Waals surface area contributed by atoms with Gasteiger partial charge in [0.25, 0.3) is 5.69 Å². The van der Waals surface area contributed by atoms with E-state index in [0.717, 1.165) is 21.5 Å². The van der Waals surface area contributed by atoms with Gasteiger partial charge in [-0.1, -0.05) is 0 Å². The Labute approximate surface area is 142 Å². The van der Waals surface area contributed by atoms with Gasteiger partial charge in [-0.3, -0.25) is 10.1 Å². The van der Waals surface area contributed by atoms with Gasteiger partial charge in [-0.2, -0.15) is 8.78 Å². The Morgan fingerprint density at radius 3 is 2.57 bits per heavy atom. The zero-order valence-corrected chi connectivity index (χ0v) is 14.4. The summed E-state index contributed by atoms with van der Waals surface area (Å²) >= 11 is 4.70. The summed E-state index contributed by atoms with van der Waals surface area (Å²) in [5.74, 6) is -3.63. The molecule has 0 bridgehead atoms. The predicted molar refractivity (Wildman–Crippen MR) is 85.6 cm³/mol. The van der Waals surface area contributed by atoms with E-state index in [1.807, 2.05) is 11.4 Å². The Hall–Kier alpha value is -1.59. The molecule has 23 heavy (non-hydrogen) atoms. The average Bonchev–Trinajstić information content (AvgIpc) is 2.90. The molecule has 0 unspecified atom stereocenters. The van der Waals surface area contributed by atoms with Crippen LogP contribution in [0.15, 0.2) is 39.0 Å². The van der Waals surface area contributed by atoms with E-state index in [4.69, 9.17) is 0 Å². The van der Waals surface area contributed by atoms with Crippen molar-refractivity contribution in [1.29, 1.82) is 0 Å². The SMILES string of the molecule is O=[N+]([O-])c1cc(S(=O)(=O)C(F)F)ccc1NCc1cc(Br)cs1. The molecule has 0 aliphatic heterocycles. The van der Waals surface area contributed by atoms with Crippen LogP contribution in [0.1, 0.15) is 4.88 Å². The molecule has 0 amide bonds. The molecule has 124 valence electrons. The molecule has 1 N–H and O–H groups in total. The van der Waals surface area contributed by atoms with Gasteiger partial charge in [-0.05, 0) is 34.1 Å². The Bertz CT molecular complexity index is 839. The van der Waals surface area contributed by atoms with Crippen molar-refractivity contribution in [3.63, 3.8) is 0 Å². The highest BCUT2D eigenvalue weighted by atomic mass is 79.9. The molecule has 0 fully saturated rings. The molecule has 6 nitrogen and oxygen atoms in total. The highest BCUT2D eigenvalue weighted by molar-refractivity contribution is 9.10. The first kappa shape index (κ1) is 17.8. The van der Waals surface area contributed by atoms with E-state index < -0.39 is 31.1 Å². The number of nitrogens with one attached hydrogen (secondary N) is 1. The lowest BCUT2D eigenvalue weighted by Crippen LogP contribution is -2.12. The molecular formula is C12H9BrF2N2O4S2. The molecule has 1 aromatic carbocycles. The predicted octanol–water partition coefficient (Wildman–Crippen LogP) is 4.03. The molecule has 2 aromatic rings. The van der Waals surface area contributed by atoms with Crippen LogP contribution in [-0.4, -0.2) is 19.1 Å². The van der Waals surface area contributed by atoms with Crippen LogP contribution in [0, 0.1) is 10.1 Å². The fourth-order valence-electron chi connectivity index (χ4n) is 1.72. The van der Waals surface area contributed by atoms with Crippen molar-refractivity contribution in [1.82, 2.24) is 0 Å². The van der Waals surface area contributed by atoms with Crippen LogP contribution in [0.4, 0.5) is 20.2 Å². The molecule has 0 aliphatic carbocycles. The summed E-state index contributed by atoms with van der Waals surface area (Å²) in [6.07, 6.45) is 0. The van der Waals surface area contributed by atoms with E-state index in [1.165, 1.54) is 11.3 Å². The third-order valence-corrected chi connectivity index (χ3v) is 5.88. The minimum Gasteiger partial charge on any atom is -0.375 e. The minimum absolute atomic E-state index is 0.0488. The number of benzene rings is 1. The number of alkyl halides is 2. The van der Waals surface area contributed by atoms with Crippen molar-refractivity contribution in [3.05, 3.63) is 49.1 Å². The number of hydrogen-bond donors (Lipinski definition) is 1. The third-order valence-electron chi connectivity index (χ3n) is 2.80. The van der Waals surface area contributed by atoms with E-state index in [-0.39, 0.29) is 12.2 Å². The Kier molecular flexibility index (Phi) is 5.32. The molecule has 0 atom stereocenters. The molecule has 0 saturated carbocycles. The van der Waals surface area contributed by atoms with Gasteiger partial charge in [0.15, 0.2) is 0 Å². The standard InChI is InChI=1S/C12H9BrF2N2O4S2/c13-7-3-8(22-6-7)5-16-10-2-1-9(4-11(10)17(18)19)23(20,21)12(14)15/h1-4,6,12,16H,5H2. The smallest absolute Gasteiger partial charge is 0.341 e. The molecule has 1 aromatic heterocycles. The number of halogens is 3. The van der Waals surface area contributed by atoms with Crippen molar-refractivity contribution >= 4 is 48.5 Å². The van der Waals surface area contributed by atoms with Crippen LogP contribution < -0.4 is 5.32 Å². The van der Waals surface area contributed by atoms with Crippen LogP contribution in [0.2, 0.25) is 0 Å². The highest BCUT2D eigenvalue weighted by Crippen LogP contribution is 2.30. The summed E-state index contributed by atoms with van der Waals surface area (Å²) < 4.78 is 48.7. The summed E-state index contributed by atoms with van der Waals surface area (Å²) in [4.78, 5) is 10.3. The highest BCUT2D eigenvalue weighted by Gasteiger charge is 2.29. The molecule has 0 aliphatic rings. The maximum absolute atomic E-state index is 12.5. The van der Waals surface area contributed by atoms with Crippen molar-refractivity contribution in [3.8, 4) is 0 Å². The number of sulfone groups is 1. The normalized spacial score (nSPS) is 11.7. The van der Waals surface area contributed by atoms with Crippen molar-refractivity contribution < 1.29 is 22.1 Å². The third kappa shape index (κ3) is 4.03. The van der Waals surface area contributed by atoms with Gasteiger partial charge in [0.2, 0.25) is 9.84 Å². The quantitative estimate of drug-likeness (QED) is 0.556. The Morgan fingerprint density at radius 1 is 1.35 bits per heavy atom. The van der Waals surface area contributed by atoms with Gasteiger partial charge in [0, 0.05) is 27.3 Å². The molecule has 1 heterocycles. The van der Waals surface area contributed by atoms with Crippen LogP contribution in [-0.2, 0) is 16.4 Å². The van der Waals surface area contributed by atoms with Crippen molar-refractivity contribution in [2.75, 3.05) is 5.32 Å². The zero-order valence-electron chi connectivity index (χ0n) is 11.2. The fourth-order valence-corrected chi connectivity index (χ4v) is 3.85. The second kappa shape index (κ2) is 6.89. The number of nitro benzene ring substituents is 1. The maximum atomic E-state index is 12.5. The van der Waals surface area contributed by atoms with E-state index in [0.29, 0.717) is 6.07 Å². The van der Waals surface area contributed by atoms with Gasteiger partial charge in [-0.15, -0.1) is 11.3 Å². The fraction of sp³-hybridized carbons (Fsp3) is 0.167. The lowest BCUT2D eigenvalue weighted by Gasteiger charge is -2.08. The second-order valence-electron chi connectivity index (χ2n) is 4.33. The number of nitro groups is 1. The lowest BCUT2D eigenvalue weighted by atomic mass is 10.2. The van der Waals surface area contributed by atoms with Crippen molar-refractivity contribution in [2.45, 2.75) is 17.2 Å². The number of nitrogens with zero attached hydrogens (tertiary/aromatic N) is 1. The van der Waals surface area contributed by atoms with E-state index in [1.54, 1.807) is 0 Å².